The molecule has 1 N–H and O–H groups in total. The predicted octanol–water partition coefficient (Wildman–Crippen LogP) is 1.95. The van der Waals surface area contributed by atoms with Crippen LogP contribution < -0.4 is 5.32 Å². The van der Waals surface area contributed by atoms with Crippen molar-refractivity contribution >= 4 is 5.96 Å². The molecule has 2 fully saturated rings. The predicted molar refractivity (Wildman–Crippen MR) is 109 cm³/mol. The molecule has 1 atom stereocenters. The summed E-state index contributed by atoms with van der Waals surface area (Å²) in [5.74, 6) is 1.63. The molecule has 1 aromatic rings. The van der Waals surface area contributed by atoms with Gasteiger partial charge in [-0.3, -0.25) is 4.90 Å². The maximum atomic E-state index is 5.44. The maximum Gasteiger partial charge on any atom is 0.194 e. The summed E-state index contributed by atoms with van der Waals surface area (Å²) in [7, 11) is 1.78. The Kier molecular flexibility index (Phi) is 7.93. The zero-order chi connectivity index (χ0) is 18.9. The number of methoxy groups -OCH3 is 1. The van der Waals surface area contributed by atoms with E-state index in [1.165, 1.54) is 17.5 Å². The van der Waals surface area contributed by atoms with Crippen LogP contribution >= 0.6 is 0 Å². The average molecular weight is 375 g/mol. The number of ether oxygens (including phenoxy) is 2. The Morgan fingerprint density at radius 2 is 2.07 bits per heavy atom. The summed E-state index contributed by atoms with van der Waals surface area (Å²) < 4.78 is 10.8. The Morgan fingerprint density at radius 1 is 1.26 bits per heavy atom. The minimum Gasteiger partial charge on any atom is -0.384 e. The minimum atomic E-state index is 0.607. The average Bonchev–Trinajstić information content (AvgIpc) is 3.15. The molecule has 0 radical (unpaired) electrons. The summed E-state index contributed by atoms with van der Waals surface area (Å²) in [6, 6.07) is 8.83. The van der Waals surface area contributed by atoms with Crippen molar-refractivity contribution < 1.29 is 9.47 Å². The van der Waals surface area contributed by atoms with Gasteiger partial charge in [-0.25, -0.2) is 4.99 Å². The first-order valence-electron chi connectivity index (χ1n) is 10.2. The molecule has 2 aliphatic rings. The third-order valence-electron chi connectivity index (χ3n) is 5.24. The summed E-state index contributed by atoms with van der Waals surface area (Å²) in [6.45, 7) is 11.4. The van der Waals surface area contributed by atoms with Crippen LogP contribution in [0.4, 0.5) is 0 Å². The molecule has 150 valence electrons. The molecule has 2 aliphatic heterocycles. The van der Waals surface area contributed by atoms with Crippen LogP contribution in [0, 0.1) is 5.92 Å². The molecule has 3 rings (SSSR count). The smallest absolute Gasteiger partial charge is 0.194 e. The van der Waals surface area contributed by atoms with E-state index < -0.39 is 0 Å². The highest BCUT2D eigenvalue weighted by atomic mass is 16.5. The number of aliphatic imine (C=N–C) groups is 1. The van der Waals surface area contributed by atoms with E-state index >= 15 is 0 Å². The van der Waals surface area contributed by atoms with Gasteiger partial charge in [-0.2, -0.15) is 0 Å². The molecule has 0 amide bonds. The van der Waals surface area contributed by atoms with Crippen molar-refractivity contribution in [1.82, 2.24) is 15.1 Å². The molecule has 2 heterocycles. The van der Waals surface area contributed by atoms with Gasteiger partial charge in [0.15, 0.2) is 5.96 Å². The molecule has 6 heteroatoms. The quantitative estimate of drug-likeness (QED) is 0.584. The Balaban J connectivity index is 1.59. The molecule has 27 heavy (non-hydrogen) atoms. The van der Waals surface area contributed by atoms with E-state index in [1.54, 1.807) is 7.11 Å². The third kappa shape index (κ3) is 6.19. The zero-order valence-electron chi connectivity index (χ0n) is 16.8. The molecular formula is C21H34N4O2. The molecule has 0 aromatic heterocycles. The topological polar surface area (TPSA) is 49.3 Å². The molecular weight excluding hydrogens is 340 g/mol. The van der Waals surface area contributed by atoms with Crippen LogP contribution in [0.1, 0.15) is 24.5 Å². The summed E-state index contributed by atoms with van der Waals surface area (Å²) >= 11 is 0. The van der Waals surface area contributed by atoms with Crippen LogP contribution in [0.3, 0.4) is 0 Å². The van der Waals surface area contributed by atoms with Gasteiger partial charge in [0.1, 0.15) is 0 Å². The van der Waals surface area contributed by atoms with Crippen LogP contribution in [-0.4, -0.2) is 75.4 Å². The van der Waals surface area contributed by atoms with E-state index in [1.807, 2.05) is 0 Å². The number of hydrogen-bond donors (Lipinski definition) is 1. The summed E-state index contributed by atoms with van der Waals surface area (Å²) in [6.07, 6.45) is 1.17. The first-order chi connectivity index (χ1) is 13.3. The van der Waals surface area contributed by atoms with Crippen LogP contribution in [0.2, 0.25) is 0 Å². The van der Waals surface area contributed by atoms with Crippen molar-refractivity contribution in [3.8, 4) is 0 Å². The fraction of sp³-hybridized carbons (Fsp3) is 0.667. The minimum absolute atomic E-state index is 0.607. The lowest BCUT2D eigenvalue weighted by molar-refractivity contribution is 0.0342. The summed E-state index contributed by atoms with van der Waals surface area (Å²) in [4.78, 5) is 9.73. The van der Waals surface area contributed by atoms with Crippen molar-refractivity contribution in [2.45, 2.75) is 26.4 Å². The van der Waals surface area contributed by atoms with Gasteiger partial charge in [0.2, 0.25) is 0 Å². The highest BCUT2D eigenvalue weighted by molar-refractivity contribution is 5.80. The number of guanidine groups is 1. The Labute approximate surface area is 163 Å². The van der Waals surface area contributed by atoms with Gasteiger partial charge in [-0.1, -0.05) is 24.3 Å². The van der Waals surface area contributed by atoms with E-state index in [-0.39, 0.29) is 0 Å². The number of nitrogens with zero attached hydrogens (tertiary/aromatic N) is 3. The molecule has 1 aromatic carbocycles. The number of hydrogen-bond acceptors (Lipinski definition) is 4. The summed E-state index contributed by atoms with van der Waals surface area (Å²) in [5.41, 5.74) is 2.62. The van der Waals surface area contributed by atoms with Crippen molar-refractivity contribution in [1.29, 1.82) is 0 Å². The summed E-state index contributed by atoms with van der Waals surface area (Å²) in [5, 5.41) is 3.45. The lowest BCUT2D eigenvalue weighted by Gasteiger charge is -2.26. The number of morpholine rings is 1. The van der Waals surface area contributed by atoms with Crippen molar-refractivity contribution in [3.05, 3.63) is 35.4 Å². The van der Waals surface area contributed by atoms with Gasteiger partial charge >= 0.3 is 0 Å². The molecule has 1 unspecified atom stereocenters. The number of rotatable bonds is 7. The lowest BCUT2D eigenvalue weighted by atomic mass is 10.1. The van der Waals surface area contributed by atoms with E-state index in [4.69, 9.17) is 14.5 Å². The van der Waals surface area contributed by atoms with E-state index in [9.17, 15) is 0 Å². The largest absolute Gasteiger partial charge is 0.384 e. The zero-order valence-corrected chi connectivity index (χ0v) is 16.8. The highest BCUT2D eigenvalue weighted by Gasteiger charge is 2.24. The maximum absolute atomic E-state index is 5.44. The van der Waals surface area contributed by atoms with Crippen molar-refractivity contribution in [2.24, 2.45) is 10.9 Å². The van der Waals surface area contributed by atoms with Crippen LogP contribution in [0.15, 0.2) is 29.3 Å². The van der Waals surface area contributed by atoms with Gasteiger partial charge < -0.3 is 19.7 Å². The second-order valence-electron chi connectivity index (χ2n) is 7.43. The Hall–Kier alpha value is -1.63. The van der Waals surface area contributed by atoms with E-state index in [0.29, 0.717) is 12.5 Å². The standard InChI is InChI=1S/C21H34N4O2/c1-3-22-21(25-8-7-20(16-25)17-26-2)23-14-18-5-4-6-19(13-18)15-24-9-11-27-12-10-24/h4-6,13,20H,3,7-12,14-17H2,1-2H3,(H,22,23). The van der Waals surface area contributed by atoms with Gasteiger partial charge in [0.05, 0.1) is 26.4 Å². The molecule has 0 bridgehead atoms. The molecule has 0 aliphatic carbocycles. The number of nitrogens with one attached hydrogen (secondary N) is 1. The Morgan fingerprint density at radius 3 is 2.85 bits per heavy atom. The normalized spacial score (nSPS) is 21.6. The van der Waals surface area contributed by atoms with Crippen LogP contribution in [0.5, 0.6) is 0 Å². The van der Waals surface area contributed by atoms with Gasteiger partial charge in [-0.15, -0.1) is 0 Å². The fourth-order valence-electron chi connectivity index (χ4n) is 3.83. The number of benzene rings is 1. The number of likely N-dealkylation sites (tertiary alicyclic amines) is 1. The second kappa shape index (κ2) is 10.6. The third-order valence-corrected chi connectivity index (χ3v) is 5.24. The fourth-order valence-corrected chi connectivity index (χ4v) is 3.83. The second-order valence-corrected chi connectivity index (χ2v) is 7.43. The first kappa shape index (κ1) is 20.1. The molecule has 6 nitrogen and oxygen atoms in total. The van der Waals surface area contributed by atoms with Gasteiger partial charge in [-0.05, 0) is 24.5 Å². The highest BCUT2D eigenvalue weighted by Crippen LogP contribution is 2.17. The first-order valence-corrected chi connectivity index (χ1v) is 10.2. The van der Waals surface area contributed by atoms with Crippen molar-refractivity contribution in [2.75, 3.05) is 59.7 Å². The molecule has 0 saturated carbocycles. The van der Waals surface area contributed by atoms with Gasteiger partial charge in [0.25, 0.3) is 0 Å². The lowest BCUT2D eigenvalue weighted by Crippen LogP contribution is -2.40. The monoisotopic (exact) mass is 374 g/mol. The Bertz CT molecular complexity index is 602. The SMILES string of the molecule is CCNC(=NCc1cccc(CN2CCOCC2)c1)N1CCC(COC)C1. The van der Waals surface area contributed by atoms with Crippen LogP contribution in [0.25, 0.3) is 0 Å². The molecule has 2 saturated heterocycles. The molecule has 0 spiro atoms. The van der Waals surface area contributed by atoms with E-state index in [0.717, 1.165) is 65.0 Å². The van der Waals surface area contributed by atoms with Crippen molar-refractivity contribution in [3.63, 3.8) is 0 Å². The van der Waals surface area contributed by atoms with E-state index in [2.05, 4.69) is 46.3 Å². The van der Waals surface area contributed by atoms with Gasteiger partial charge in [0, 0.05) is 52.3 Å². The van der Waals surface area contributed by atoms with Crippen LogP contribution in [-0.2, 0) is 22.6 Å².